The Bertz CT molecular complexity index is 519. The summed E-state index contributed by atoms with van der Waals surface area (Å²) in [6.45, 7) is 0. The maximum atomic E-state index is 13.1. The number of halogens is 2. The van der Waals surface area contributed by atoms with Crippen molar-refractivity contribution < 1.29 is 9.13 Å². The second-order valence-electron chi connectivity index (χ2n) is 3.09. The number of rotatable bonds is 2. The van der Waals surface area contributed by atoms with E-state index in [1.165, 1.54) is 18.3 Å². The van der Waals surface area contributed by atoms with Crippen molar-refractivity contribution in [2.75, 3.05) is 5.73 Å². The summed E-state index contributed by atoms with van der Waals surface area (Å²) in [4.78, 5) is 3.93. The minimum absolute atomic E-state index is 0.0116. The van der Waals surface area contributed by atoms with Gasteiger partial charge in [-0.1, -0.05) is 6.07 Å². The molecule has 1 heterocycles. The molecular formula is C11H8BrFN2O. The smallest absolute Gasteiger partial charge is 0.153 e. The second kappa shape index (κ2) is 4.49. The molecule has 0 aliphatic rings. The fraction of sp³-hybridized carbons (Fsp3) is 0. The normalized spacial score (nSPS) is 10.1. The van der Waals surface area contributed by atoms with Crippen LogP contribution in [0.2, 0.25) is 0 Å². The van der Waals surface area contributed by atoms with Crippen molar-refractivity contribution in [2.45, 2.75) is 0 Å². The van der Waals surface area contributed by atoms with E-state index in [-0.39, 0.29) is 11.4 Å². The predicted octanol–water partition coefficient (Wildman–Crippen LogP) is 3.36. The van der Waals surface area contributed by atoms with E-state index in [0.717, 1.165) is 4.47 Å². The summed E-state index contributed by atoms with van der Waals surface area (Å²) in [5.74, 6) is 0.270. The molecule has 0 radical (unpaired) electrons. The lowest BCUT2D eigenvalue weighted by molar-refractivity contribution is 0.477. The molecule has 1 aromatic heterocycles. The van der Waals surface area contributed by atoms with E-state index in [1.807, 2.05) is 0 Å². The minimum atomic E-state index is -0.500. The van der Waals surface area contributed by atoms with Gasteiger partial charge in [-0.3, -0.25) is 4.98 Å². The number of benzene rings is 1. The SMILES string of the molecule is Nc1c(F)cccc1Oc1cncc(Br)c1. The van der Waals surface area contributed by atoms with Crippen LogP contribution < -0.4 is 10.5 Å². The van der Waals surface area contributed by atoms with Gasteiger partial charge in [0.1, 0.15) is 17.3 Å². The number of aromatic nitrogens is 1. The summed E-state index contributed by atoms with van der Waals surface area (Å²) < 4.78 is 19.3. The molecule has 0 atom stereocenters. The van der Waals surface area contributed by atoms with Crippen LogP contribution in [0.25, 0.3) is 0 Å². The molecule has 0 saturated carbocycles. The van der Waals surface area contributed by atoms with Crippen molar-refractivity contribution in [1.29, 1.82) is 0 Å². The van der Waals surface area contributed by atoms with Gasteiger partial charge in [0.2, 0.25) is 0 Å². The van der Waals surface area contributed by atoms with Crippen LogP contribution in [-0.4, -0.2) is 4.98 Å². The number of pyridine rings is 1. The van der Waals surface area contributed by atoms with Gasteiger partial charge in [-0.2, -0.15) is 0 Å². The summed E-state index contributed by atoms with van der Waals surface area (Å²) in [5.41, 5.74) is 5.52. The van der Waals surface area contributed by atoms with E-state index < -0.39 is 5.82 Å². The van der Waals surface area contributed by atoms with E-state index in [0.29, 0.717) is 5.75 Å². The van der Waals surface area contributed by atoms with Crippen molar-refractivity contribution in [3.63, 3.8) is 0 Å². The van der Waals surface area contributed by atoms with Crippen LogP contribution in [0.5, 0.6) is 11.5 Å². The van der Waals surface area contributed by atoms with Gasteiger partial charge in [-0.05, 0) is 34.1 Å². The molecule has 16 heavy (non-hydrogen) atoms. The molecule has 82 valence electrons. The number of hydrogen-bond donors (Lipinski definition) is 1. The van der Waals surface area contributed by atoms with E-state index in [9.17, 15) is 4.39 Å². The van der Waals surface area contributed by atoms with E-state index >= 15 is 0 Å². The Morgan fingerprint density at radius 2 is 2.12 bits per heavy atom. The molecule has 0 fully saturated rings. The Hall–Kier alpha value is -1.62. The van der Waals surface area contributed by atoms with Crippen molar-refractivity contribution in [3.05, 3.63) is 46.9 Å². The second-order valence-corrected chi connectivity index (χ2v) is 4.01. The largest absolute Gasteiger partial charge is 0.453 e. The highest BCUT2D eigenvalue weighted by atomic mass is 79.9. The van der Waals surface area contributed by atoms with Gasteiger partial charge >= 0.3 is 0 Å². The van der Waals surface area contributed by atoms with Gasteiger partial charge in [0.25, 0.3) is 0 Å². The predicted molar refractivity (Wildman–Crippen MR) is 62.8 cm³/mol. The Kier molecular flexibility index (Phi) is 3.05. The lowest BCUT2D eigenvalue weighted by Crippen LogP contribution is -1.95. The average Bonchev–Trinajstić information content (AvgIpc) is 2.25. The summed E-state index contributed by atoms with van der Waals surface area (Å²) in [7, 11) is 0. The first-order valence-corrected chi connectivity index (χ1v) is 5.28. The van der Waals surface area contributed by atoms with Gasteiger partial charge in [0, 0.05) is 10.7 Å². The quantitative estimate of drug-likeness (QED) is 0.860. The Balaban J connectivity index is 2.31. The molecule has 0 unspecified atom stereocenters. The standard InChI is InChI=1S/C11H8BrFN2O/c12-7-4-8(6-15-5-7)16-10-3-1-2-9(13)11(10)14/h1-6H,14H2. The van der Waals surface area contributed by atoms with Gasteiger partial charge < -0.3 is 10.5 Å². The zero-order valence-corrected chi connectivity index (χ0v) is 9.74. The average molecular weight is 283 g/mol. The molecule has 0 bridgehead atoms. The minimum Gasteiger partial charge on any atom is -0.453 e. The van der Waals surface area contributed by atoms with Crippen LogP contribution >= 0.6 is 15.9 Å². The number of ether oxygens (including phenoxy) is 1. The van der Waals surface area contributed by atoms with E-state index in [4.69, 9.17) is 10.5 Å². The summed E-state index contributed by atoms with van der Waals surface area (Å²) in [6, 6.07) is 6.13. The van der Waals surface area contributed by atoms with Crippen molar-refractivity contribution in [2.24, 2.45) is 0 Å². The molecule has 2 aromatic rings. The molecule has 0 aliphatic heterocycles. The topological polar surface area (TPSA) is 48.1 Å². The number of para-hydroxylation sites is 1. The summed E-state index contributed by atoms with van der Waals surface area (Å²) in [6.07, 6.45) is 3.15. The molecule has 0 saturated heterocycles. The van der Waals surface area contributed by atoms with Crippen LogP contribution in [0.3, 0.4) is 0 Å². The maximum Gasteiger partial charge on any atom is 0.153 e. The number of nitrogens with two attached hydrogens (primary N) is 1. The zero-order chi connectivity index (χ0) is 11.5. The third kappa shape index (κ3) is 2.30. The highest BCUT2D eigenvalue weighted by molar-refractivity contribution is 9.10. The third-order valence-electron chi connectivity index (χ3n) is 1.92. The van der Waals surface area contributed by atoms with E-state index in [2.05, 4.69) is 20.9 Å². The number of anilines is 1. The number of nitrogen functional groups attached to an aromatic ring is 1. The Labute approximate surface area is 100 Å². The Morgan fingerprint density at radius 3 is 2.88 bits per heavy atom. The number of hydrogen-bond acceptors (Lipinski definition) is 3. The number of nitrogens with zero attached hydrogens (tertiary/aromatic N) is 1. The highest BCUT2D eigenvalue weighted by Crippen LogP contribution is 2.29. The zero-order valence-electron chi connectivity index (χ0n) is 8.15. The third-order valence-corrected chi connectivity index (χ3v) is 2.35. The summed E-state index contributed by atoms with van der Waals surface area (Å²) >= 11 is 3.26. The van der Waals surface area contributed by atoms with Crippen molar-refractivity contribution in [3.8, 4) is 11.5 Å². The molecule has 0 spiro atoms. The van der Waals surface area contributed by atoms with Gasteiger partial charge in [-0.15, -0.1) is 0 Å². The molecule has 5 heteroatoms. The van der Waals surface area contributed by atoms with Gasteiger partial charge in [0.05, 0.1) is 6.20 Å². The van der Waals surface area contributed by atoms with Crippen LogP contribution in [0.15, 0.2) is 41.1 Å². The van der Waals surface area contributed by atoms with E-state index in [1.54, 1.807) is 18.3 Å². The molecule has 2 N–H and O–H groups in total. The molecule has 0 aliphatic carbocycles. The maximum absolute atomic E-state index is 13.1. The molecule has 3 nitrogen and oxygen atoms in total. The monoisotopic (exact) mass is 282 g/mol. The Morgan fingerprint density at radius 1 is 1.31 bits per heavy atom. The lowest BCUT2D eigenvalue weighted by atomic mass is 10.3. The first-order valence-electron chi connectivity index (χ1n) is 4.49. The fourth-order valence-corrected chi connectivity index (χ4v) is 1.53. The first kappa shape index (κ1) is 10.9. The van der Waals surface area contributed by atoms with Crippen LogP contribution in [0, 0.1) is 5.82 Å². The van der Waals surface area contributed by atoms with Gasteiger partial charge in [-0.25, -0.2) is 4.39 Å². The van der Waals surface area contributed by atoms with Crippen LogP contribution in [0.1, 0.15) is 0 Å². The molecule has 2 rings (SSSR count). The molecular weight excluding hydrogens is 275 g/mol. The molecule has 0 amide bonds. The van der Waals surface area contributed by atoms with Crippen molar-refractivity contribution in [1.82, 2.24) is 4.98 Å². The fourth-order valence-electron chi connectivity index (χ4n) is 1.18. The van der Waals surface area contributed by atoms with Gasteiger partial charge in [0.15, 0.2) is 5.75 Å². The van der Waals surface area contributed by atoms with Crippen LogP contribution in [0.4, 0.5) is 10.1 Å². The van der Waals surface area contributed by atoms with Crippen molar-refractivity contribution >= 4 is 21.6 Å². The first-order chi connectivity index (χ1) is 7.66. The van der Waals surface area contributed by atoms with Crippen LogP contribution in [-0.2, 0) is 0 Å². The summed E-state index contributed by atoms with van der Waals surface area (Å²) in [5, 5.41) is 0. The lowest BCUT2D eigenvalue weighted by Gasteiger charge is -2.08. The highest BCUT2D eigenvalue weighted by Gasteiger charge is 2.06. The molecule has 1 aromatic carbocycles.